The zero-order chi connectivity index (χ0) is 16.9. The SMILES string of the molecule is CCOCC1CCCN(CC(=O)N2CC(=O)Nc3ccccc32)C1. The summed E-state index contributed by atoms with van der Waals surface area (Å²) in [4.78, 5) is 28.4. The highest BCUT2D eigenvalue weighted by Crippen LogP contribution is 2.29. The average molecular weight is 331 g/mol. The van der Waals surface area contributed by atoms with Crippen LogP contribution in [0.3, 0.4) is 0 Å². The fourth-order valence-electron chi connectivity index (χ4n) is 3.45. The standard InChI is InChI=1S/C18H25N3O3/c1-2-24-13-14-6-5-9-20(10-14)12-18(23)21-11-17(22)19-15-7-3-4-8-16(15)21/h3-4,7-8,14H,2,5-6,9-13H2,1H3,(H,19,22). The van der Waals surface area contributed by atoms with Crippen LogP contribution in [0, 0.1) is 5.92 Å². The van der Waals surface area contributed by atoms with Crippen LogP contribution < -0.4 is 10.2 Å². The van der Waals surface area contributed by atoms with Crippen molar-refractivity contribution in [3.63, 3.8) is 0 Å². The first-order valence-corrected chi connectivity index (χ1v) is 8.66. The van der Waals surface area contributed by atoms with Crippen LogP contribution in [0.25, 0.3) is 0 Å². The Morgan fingerprint density at radius 3 is 3.04 bits per heavy atom. The molecular weight excluding hydrogens is 306 g/mol. The quantitative estimate of drug-likeness (QED) is 0.892. The first-order chi connectivity index (χ1) is 11.7. The second-order valence-electron chi connectivity index (χ2n) is 6.45. The fourth-order valence-corrected chi connectivity index (χ4v) is 3.45. The third kappa shape index (κ3) is 3.94. The number of hydrogen-bond acceptors (Lipinski definition) is 4. The van der Waals surface area contributed by atoms with E-state index >= 15 is 0 Å². The van der Waals surface area contributed by atoms with Crippen LogP contribution in [-0.2, 0) is 14.3 Å². The smallest absolute Gasteiger partial charge is 0.244 e. The number of nitrogens with zero attached hydrogens (tertiary/aromatic N) is 2. The van der Waals surface area contributed by atoms with Gasteiger partial charge in [-0.25, -0.2) is 0 Å². The Kier molecular flexibility index (Phi) is 5.48. The number of para-hydroxylation sites is 2. The number of carbonyl (C=O) groups excluding carboxylic acids is 2. The Hall–Kier alpha value is -1.92. The summed E-state index contributed by atoms with van der Waals surface area (Å²) in [5, 5.41) is 2.82. The molecule has 6 heteroatoms. The van der Waals surface area contributed by atoms with Crippen molar-refractivity contribution in [2.24, 2.45) is 5.92 Å². The van der Waals surface area contributed by atoms with Crippen molar-refractivity contribution in [3.05, 3.63) is 24.3 Å². The van der Waals surface area contributed by atoms with Gasteiger partial charge in [-0.1, -0.05) is 12.1 Å². The molecule has 1 atom stereocenters. The van der Waals surface area contributed by atoms with Crippen LogP contribution in [0.4, 0.5) is 11.4 Å². The number of nitrogens with one attached hydrogen (secondary N) is 1. The van der Waals surface area contributed by atoms with Gasteiger partial charge in [0, 0.05) is 13.2 Å². The Morgan fingerprint density at radius 2 is 2.21 bits per heavy atom. The van der Waals surface area contributed by atoms with Gasteiger partial charge in [0.25, 0.3) is 0 Å². The predicted molar refractivity (Wildman–Crippen MR) is 93.1 cm³/mol. The molecule has 1 fully saturated rings. The van der Waals surface area contributed by atoms with Gasteiger partial charge in [-0.15, -0.1) is 0 Å². The molecule has 2 amide bonds. The number of anilines is 2. The lowest BCUT2D eigenvalue weighted by molar-refractivity contribution is -0.123. The van der Waals surface area contributed by atoms with E-state index in [0.29, 0.717) is 18.2 Å². The Labute approximate surface area is 142 Å². The van der Waals surface area contributed by atoms with Crippen molar-refractivity contribution in [1.82, 2.24) is 4.90 Å². The monoisotopic (exact) mass is 331 g/mol. The normalized spacial score (nSPS) is 21.3. The zero-order valence-electron chi connectivity index (χ0n) is 14.2. The lowest BCUT2D eigenvalue weighted by Gasteiger charge is -2.35. The van der Waals surface area contributed by atoms with E-state index in [1.807, 2.05) is 31.2 Å². The molecule has 0 saturated carbocycles. The Bertz CT molecular complexity index is 605. The van der Waals surface area contributed by atoms with Gasteiger partial charge >= 0.3 is 0 Å². The highest BCUT2D eigenvalue weighted by Gasteiger charge is 2.29. The molecule has 2 aliphatic heterocycles. The molecule has 1 unspecified atom stereocenters. The number of fused-ring (bicyclic) bond motifs is 1. The first-order valence-electron chi connectivity index (χ1n) is 8.66. The van der Waals surface area contributed by atoms with Gasteiger partial charge in [0.05, 0.1) is 24.5 Å². The van der Waals surface area contributed by atoms with Crippen molar-refractivity contribution in [2.45, 2.75) is 19.8 Å². The van der Waals surface area contributed by atoms with Gasteiger partial charge in [-0.05, 0) is 44.4 Å². The van der Waals surface area contributed by atoms with Gasteiger partial charge in [-0.3, -0.25) is 19.4 Å². The molecule has 130 valence electrons. The number of rotatable bonds is 5. The molecule has 0 aromatic heterocycles. The van der Waals surface area contributed by atoms with Crippen LogP contribution in [0.5, 0.6) is 0 Å². The van der Waals surface area contributed by atoms with Crippen molar-refractivity contribution in [2.75, 3.05) is 49.6 Å². The number of benzene rings is 1. The summed E-state index contributed by atoms with van der Waals surface area (Å²) in [6.45, 7) is 5.74. The predicted octanol–water partition coefficient (Wildman–Crippen LogP) is 1.72. The van der Waals surface area contributed by atoms with E-state index in [-0.39, 0.29) is 18.4 Å². The average Bonchev–Trinajstić information content (AvgIpc) is 2.59. The van der Waals surface area contributed by atoms with Crippen molar-refractivity contribution in [3.8, 4) is 0 Å². The number of piperidine rings is 1. The molecule has 6 nitrogen and oxygen atoms in total. The van der Waals surface area contributed by atoms with E-state index in [4.69, 9.17) is 4.74 Å². The molecule has 0 bridgehead atoms. The topological polar surface area (TPSA) is 61.9 Å². The van der Waals surface area contributed by atoms with E-state index in [1.54, 1.807) is 4.90 Å². The summed E-state index contributed by atoms with van der Waals surface area (Å²) in [6, 6.07) is 7.44. The minimum Gasteiger partial charge on any atom is -0.381 e. The minimum absolute atomic E-state index is 0.0191. The summed E-state index contributed by atoms with van der Waals surface area (Å²) in [6.07, 6.45) is 2.24. The number of carbonyl (C=O) groups is 2. The van der Waals surface area contributed by atoms with Crippen molar-refractivity contribution < 1.29 is 14.3 Å². The van der Waals surface area contributed by atoms with Crippen LogP contribution in [0.15, 0.2) is 24.3 Å². The Morgan fingerprint density at radius 1 is 1.38 bits per heavy atom. The second kappa shape index (κ2) is 7.77. The Balaban J connectivity index is 1.63. The van der Waals surface area contributed by atoms with Gasteiger partial charge in [0.2, 0.25) is 11.8 Å². The molecule has 24 heavy (non-hydrogen) atoms. The van der Waals surface area contributed by atoms with E-state index in [2.05, 4.69) is 10.2 Å². The van der Waals surface area contributed by atoms with E-state index in [9.17, 15) is 9.59 Å². The van der Waals surface area contributed by atoms with Crippen LogP contribution in [-0.4, -0.2) is 56.1 Å². The maximum Gasteiger partial charge on any atom is 0.244 e. The summed E-state index contributed by atoms with van der Waals surface area (Å²) in [5.74, 6) is 0.327. The highest BCUT2D eigenvalue weighted by atomic mass is 16.5. The lowest BCUT2D eigenvalue weighted by atomic mass is 9.99. The molecule has 1 N–H and O–H groups in total. The van der Waals surface area contributed by atoms with Crippen LogP contribution in [0.2, 0.25) is 0 Å². The third-order valence-corrected chi connectivity index (χ3v) is 4.59. The van der Waals surface area contributed by atoms with Gasteiger partial charge in [-0.2, -0.15) is 0 Å². The number of amides is 2. The van der Waals surface area contributed by atoms with Crippen LogP contribution >= 0.6 is 0 Å². The van der Waals surface area contributed by atoms with E-state index in [1.165, 1.54) is 0 Å². The fraction of sp³-hybridized carbons (Fsp3) is 0.556. The number of hydrogen-bond donors (Lipinski definition) is 1. The molecule has 3 rings (SSSR count). The maximum atomic E-state index is 12.8. The molecule has 2 heterocycles. The van der Waals surface area contributed by atoms with E-state index < -0.39 is 0 Å². The van der Waals surface area contributed by atoms with Crippen molar-refractivity contribution in [1.29, 1.82) is 0 Å². The van der Waals surface area contributed by atoms with E-state index in [0.717, 1.165) is 44.8 Å². The van der Waals surface area contributed by atoms with Gasteiger partial charge in [0.15, 0.2) is 0 Å². The summed E-state index contributed by atoms with van der Waals surface area (Å²) in [7, 11) is 0. The summed E-state index contributed by atoms with van der Waals surface area (Å²) in [5.41, 5.74) is 1.49. The molecule has 2 aliphatic rings. The number of ether oxygens (including phenoxy) is 1. The molecule has 0 radical (unpaired) electrons. The summed E-state index contributed by atoms with van der Waals surface area (Å²) >= 11 is 0. The highest BCUT2D eigenvalue weighted by molar-refractivity contribution is 6.10. The maximum absolute atomic E-state index is 12.8. The molecule has 0 spiro atoms. The van der Waals surface area contributed by atoms with Gasteiger partial charge in [0.1, 0.15) is 6.54 Å². The largest absolute Gasteiger partial charge is 0.381 e. The molecular formula is C18H25N3O3. The zero-order valence-corrected chi connectivity index (χ0v) is 14.2. The number of likely N-dealkylation sites (tertiary alicyclic amines) is 1. The lowest BCUT2D eigenvalue weighted by Crippen LogP contribution is -2.48. The molecule has 1 saturated heterocycles. The van der Waals surface area contributed by atoms with Crippen molar-refractivity contribution >= 4 is 23.2 Å². The van der Waals surface area contributed by atoms with Crippen LogP contribution in [0.1, 0.15) is 19.8 Å². The first kappa shape index (κ1) is 16.9. The third-order valence-electron chi connectivity index (χ3n) is 4.59. The molecule has 1 aromatic rings. The summed E-state index contributed by atoms with van der Waals surface area (Å²) < 4.78 is 5.53. The second-order valence-corrected chi connectivity index (χ2v) is 6.45. The molecule has 0 aliphatic carbocycles. The molecule has 1 aromatic carbocycles. The van der Waals surface area contributed by atoms with Gasteiger partial charge < -0.3 is 10.1 Å². The minimum atomic E-state index is -0.144.